The summed E-state index contributed by atoms with van der Waals surface area (Å²) in [6.07, 6.45) is 3.45. The van der Waals surface area contributed by atoms with Crippen molar-refractivity contribution in [1.29, 1.82) is 0 Å². The molecule has 1 saturated heterocycles. The maximum atomic E-state index is 12.7. The fourth-order valence-electron chi connectivity index (χ4n) is 3.44. The van der Waals surface area contributed by atoms with Gasteiger partial charge in [-0.3, -0.25) is 4.79 Å². The molecule has 1 aliphatic heterocycles. The van der Waals surface area contributed by atoms with Gasteiger partial charge in [-0.05, 0) is 18.2 Å². The minimum absolute atomic E-state index is 0.0670. The fraction of sp³-hybridized carbons (Fsp3) is 0.250. The number of morpholine rings is 1. The van der Waals surface area contributed by atoms with E-state index >= 15 is 0 Å². The van der Waals surface area contributed by atoms with Gasteiger partial charge in [-0.2, -0.15) is 0 Å². The number of hydrogen-bond donors (Lipinski definition) is 0. The molecule has 28 heavy (non-hydrogen) atoms. The summed E-state index contributed by atoms with van der Waals surface area (Å²) in [4.78, 5) is 14.5. The van der Waals surface area contributed by atoms with Crippen LogP contribution in [0.25, 0.3) is 34.0 Å². The molecule has 8 heteroatoms. The van der Waals surface area contributed by atoms with E-state index in [1.54, 1.807) is 18.4 Å². The minimum Gasteiger partial charge on any atom is -0.459 e. The Balaban J connectivity index is 1.49. The lowest BCUT2D eigenvalue weighted by molar-refractivity contribution is -0.135. The maximum absolute atomic E-state index is 12.7. The second-order valence-corrected chi connectivity index (χ2v) is 6.57. The molecule has 1 fully saturated rings. The third kappa shape index (κ3) is 2.97. The molecule has 8 nitrogen and oxygen atoms in total. The Labute approximate surface area is 160 Å². The average molecular weight is 378 g/mol. The molecule has 1 aliphatic rings. The number of nitrogens with zero attached hydrogens (tertiary/aromatic N) is 4. The fourth-order valence-corrected chi connectivity index (χ4v) is 3.44. The molecule has 0 N–H and O–H groups in total. The lowest BCUT2D eigenvalue weighted by atomic mass is 10.2. The molecule has 142 valence electrons. The third-order valence-electron chi connectivity index (χ3n) is 4.85. The second kappa shape index (κ2) is 6.97. The van der Waals surface area contributed by atoms with E-state index in [1.807, 2.05) is 39.9 Å². The highest BCUT2D eigenvalue weighted by Crippen LogP contribution is 2.31. The molecule has 0 saturated carbocycles. The monoisotopic (exact) mass is 378 g/mol. The predicted octanol–water partition coefficient (Wildman–Crippen LogP) is 2.81. The van der Waals surface area contributed by atoms with Crippen molar-refractivity contribution < 1.29 is 18.4 Å². The van der Waals surface area contributed by atoms with Gasteiger partial charge in [0.2, 0.25) is 11.8 Å². The molecule has 1 amide bonds. The molecule has 3 aromatic heterocycles. The lowest BCUT2D eigenvalue weighted by Gasteiger charge is -2.27. The van der Waals surface area contributed by atoms with E-state index in [4.69, 9.17) is 13.6 Å². The van der Waals surface area contributed by atoms with Crippen molar-refractivity contribution in [2.75, 3.05) is 26.3 Å². The number of benzene rings is 1. The average Bonchev–Trinajstić information content (AvgIpc) is 3.48. The Kier molecular flexibility index (Phi) is 4.17. The van der Waals surface area contributed by atoms with Gasteiger partial charge in [0.05, 0.1) is 25.0 Å². The van der Waals surface area contributed by atoms with E-state index in [0.29, 0.717) is 43.8 Å². The SMILES string of the molecule is O=C(Cn1cc(-c2nnc(-c3ccco3)o2)c2ccccc21)N1CCOCC1. The second-order valence-electron chi connectivity index (χ2n) is 6.57. The van der Waals surface area contributed by atoms with Crippen LogP contribution in [-0.2, 0) is 16.1 Å². The van der Waals surface area contributed by atoms with Crippen LogP contribution in [0, 0.1) is 0 Å². The largest absolute Gasteiger partial charge is 0.459 e. The summed E-state index contributed by atoms with van der Waals surface area (Å²) >= 11 is 0. The number of carbonyl (C=O) groups is 1. The van der Waals surface area contributed by atoms with Gasteiger partial charge in [0.1, 0.15) is 6.54 Å². The molecule has 4 aromatic rings. The van der Waals surface area contributed by atoms with Gasteiger partial charge in [-0.25, -0.2) is 0 Å². The van der Waals surface area contributed by atoms with Crippen LogP contribution in [0.5, 0.6) is 0 Å². The molecule has 0 aliphatic carbocycles. The van der Waals surface area contributed by atoms with Crippen LogP contribution in [0.3, 0.4) is 0 Å². The first-order valence-electron chi connectivity index (χ1n) is 9.11. The number of carbonyl (C=O) groups excluding carboxylic acids is 1. The number of fused-ring (bicyclic) bond motifs is 1. The molecule has 5 rings (SSSR count). The minimum atomic E-state index is 0.0670. The van der Waals surface area contributed by atoms with Crippen LogP contribution < -0.4 is 0 Å². The van der Waals surface area contributed by atoms with Crippen molar-refractivity contribution in [2.24, 2.45) is 0 Å². The van der Waals surface area contributed by atoms with Gasteiger partial charge < -0.3 is 23.0 Å². The predicted molar refractivity (Wildman–Crippen MR) is 100 cm³/mol. The van der Waals surface area contributed by atoms with Crippen molar-refractivity contribution in [3.05, 3.63) is 48.9 Å². The van der Waals surface area contributed by atoms with Gasteiger partial charge in [0.25, 0.3) is 5.89 Å². The van der Waals surface area contributed by atoms with Crippen molar-refractivity contribution in [3.63, 3.8) is 0 Å². The molecule has 4 heterocycles. The van der Waals surface area contributed by atoms with E-state index in [1.165, 1.54) is 0 Å². The topological polar surface area (TPSA) is 86.5 Å². The number of amides is 1. The van der Waals surface area contributed by atoms with Gasteiger partial charge in [-0.1, -0.05) is 18.2 Å². The lowest BCUT2D eigenvalue weighted by Crippen LogP contribution is -2.42. The quantitative estimate of drug-likeness (QED) is 0.543. The van der Waals surface area contributed by atoms with Crippen molar-refractivity contribution in [3.8, 4) is 23.1 Å². The number of rotatable bonds is 4. The van der Waals surface area contributed by atoms with Crippen molar-refractivity contribution in [1.82, 2.24) is 19.7 Å². The standard InChI is InChI=1S/C20H18N4O4/c25-18(23-7-10-26-11-8-23)13-24-12-15(14-4-1-2-5-16(14)24)19-21-22-20(28-19)17-6-3-9-27-17/h1-6,9,12H,7-8,10-11,13H2. The zero-order valence-electron chi connectivity index (χ0n) is 15.1. The summed E-state index contributed by atoms with van der Waals surface area (Å²) in [6.45, 7) is 2.67. The number of aromatic nitrogens is 3. The van der Waals surface area contributed by atoms with Gasteiger partial charge in [0, 0.05) is 30.2 Å². The van der Waals surface area contributed by atoms with Crippen LogP contribution in [0.2, 0.25) is 0 Å². The molecular weight excluding hydrogens is 360 g/mol. The van der Waals surface area contributed by atoms with Crippen molar-refractivity contribution >= 4 is 16.8 Å². The summed E-state index contributed by atoms with van der Waals surface area (Å²) in [6, 6.07) is 11.4. The Bertz CT molecular complexity index is 1110. The van der Waals surface area contributed by atoms with Crippen LogP contribution in [0.1, 0.15) is 0 Å². The first kappa shape index (κ1) is 16.8. The zero-order chi connectivity index (χ0) is 18.9. The van der Waals surface area contributed by atoms with E-state index in [0.717, 1.165) is 16.5 Å². The molecule has 0 spiro atoms. The summed E-state index contributed by atoms with van der Waals surface area (Å²) < 4.78 is 18.4. The molecule has 0 radical (unpaired) electrons. The summed E-state index contributed by atoms with van der Waals surface area (Å²) in [5, 5.41) is 9.20. The smallest absolute Gasteiger partial charge is 0.283 e. The summed E-state index contributed by atoms with van der Waals surface area (Å²) in [7, 11) is 0. The molecule has 0 bridgehead atoms. The first-order valence-corrected chi connectivity index (χ1v) is 9.11. The maximum Gasteiger partial charge on any atom is 0.283 e. The number of para-hydroxylation sites is 1. The Morgan fingerprint density at radius 1 is 1.04 bits per heavy atom. The van der Waals surface area contributed by atoms with Gasteiger partial charge in [-0.15, -0.1) is 10.2 Å². The van der Waals surface area contributed by atoms with E-state index in [-0.39, 0.29) is 12.5 Å². The molecule has 0 atom stereocenters. The summed E-state index contributed by atoms with van der Waals surface area (Å²) in [5.41, 5.74) is 1.73. The van der Waals surface area contributed by atoms with E-state index in [9.17, 15) is 4.79 Å². The number of ether oxygens (including phenoxy) is 1. The third-order valence-corrected chi connectivity index (χ3v) is 4.85. The van der Waals surface area contributed by atoms with E-state index in [2.05, 4.69) is 10.2 Å². The zero-order valence-corrected chi connectivity index (χ0v) is 15.1. The van der Waals surface area contributed by atoms with Gasteiger partial charge in [0.15, 0.2) is 5.76 Å². The van der Waals surface area contributed by atoms with Crippen LogP contribution in [0.4, 0.5) is 0 Å². The van der Waals surface area contributed by atoms with Crippen LogP contribution in [0.15, 0.2) is 57.7 Å². The van der Waals surface area contributed by atoms with Crippen LogP contribution >= 0.6 is 0 Å². The van der Waals surface area contributed by atoms with Crippen molar-refractivity contribution in [2.45, 2.75) is 6.54 Å². The number of furan rings is 1. The van der Waals surface area contributed by atoms with Gasteiger partial charge >= 0.3 is 0 Å². The Morgan fingerprint density at radius 2 is 1.86 bits per heavy atom. The summed E-state index contributed by atoms with van der Waals surface area (Å²) in [5.74, 6) is 1.30. The normalized spacial score (nSPS) is 14.6. The first-order chi connectivity index (χ1) is 13.8. The highest BCUT2D eigenvalue weighted by atomic mass is 16.5. The molecular formula is C20H18N4O4. The number of hydrogen-bond acceptors (Lipinski definition) is 6. The van der Waals surface area contributed by atoms with E-state index < -0.39 is 0 Å². The highest BCUT2D eigenvalue weighted by molar-refractivity contribution is 5.95. The highest BCUT2D eigenvalue weighted by Gasteiger charge is 2.21. The Hall–Kier alpha value is -3.39. The molecule has 1 aromatic carbocycles. The Morgan fingerprint density at radius 3 is 2.68 bits per heavy atom. The molecule has 0 unspecified atom stereocenters. The van der Waals surface area contributed by atoms with Crippen LogP contribution in [-0.4, -0.2) is 51.9 Å².